The molecule has 0 saturated carbocycles. The third-order valence-corrected chi connectivity index (χ3v) is 6.35. The van der Waals surface area contributed by atoms with Crippen molar-refractivity contribution < 1.29 is 22.4 Å². The Labute approximate surface area is 199 Å². The molecule has 2 aromatic carbocycles. The van der Waals surface area contributed by atoms with Crippen molar-refractivity contribution in [2.24, 2.45) is 0 Å². The van der Waals surface area contributed by atoms with E-state index in [1.807, 2.05) is 0 Å². The molecule has 0 aromatic heterocycles. The van der Waals surface area contributed by atoms with Crippen LogP contribution < -0.4 is 9.62 Å². The van der Waals surface area contributed by atoms with Gasteiger partial charge in [-0.3, -0.25) is 13.9 Å². The van der Waals surface area contributed by atoms with Crippen LogP contribution in [0.25, 0.3) is 0 Å². The van der Waals surface area contributed by atoms with Crippen LogP contribution in [0.15, 0.2) is 42.5 Å². The minimum Gasteiger partial charge on any atom is -0.352 e. The van der Waals surface area contributed by atoms with Crippen molar-refractivity contribution in [1.29, 1.82) is 0 Å². The fourth-order valence-electron chi connectivity index (χ4n) is 3.22. The van der Waals surface area contributed by atoms with Crippen molar-refractivity contribution in [2.75, 3.05) is 17.1 Å². The van der Waals surface area contributed by atoms with Gasteiger partial charge in [-0.05, 0) is 63.1 Å². The van der Waals surface area contributed by atoms with Crippen LogP contribution in [0.4, 0.5) is 10.1 Å². The average Bonchev–Trinajstić information content (AvgIpc) is 2.71. The van der Waals surface area contributed by atoms with E-state index in [2.05, 4.69) is 5.32 Å². The van der Waals surface area contributed by atoms with Crippen LogP contribution in [0.2, 0.25) is 5.02 Å². The number of carbonyl (C=O) groups excluding carboxylic acids is 2. The summed E-state index contributed by atoms with van der Waals surface area (Å²) in [6, 6.07) is 9.26. The van der Waals surface area contributed by atoms with Crippen molar-refractivity contribution in [3.8, 4) is 0 Å². The van der Waals surface area contributed by atoms with Gasteiger partial charge in [0.2, 0.25) is 21.8 Å². The van der Waals surface area contributed by atoms with E-state index >= 15 is 0 Å². The second-order valence-corrected chi connectivity index (χ2v) is 10.5. The first kappa shape index (κ1) is 26.6. The largest absolute Gasteiger partial charge is 0.352 e. The van der Waals surface area contributed by atoms with E-state index in [1.54, 1.807) is 39.8 Å². The number of anilines is 1. The zero-order valence-electron chi connectivity index (χ0n) is 19.3. The molecule has 0 radical (unpaired) electrons. The molecule has 0 heterocycles. The SMILES string of the molecule is Cc1ccc(Cl)cc1N(CC(=O)N(Cc1ccc(F)cc1)[C@@H](C)C(=O)NC(C)C)S(C)(=O)=O. The summed E-state index contributed by atoms with van der Waals surface area (Å²) < 4.78 is 39.5. The third-order valence-electron chi connectivity index (χ3n) is 4.98. The lowest BCUT2D eigenvalue weighted by atomic mass is 10.1. The maximum Gasteiger partial charge on any atom is 0.244 e. The average molecular weight is 498 g/mol. The summed E-state index contributed by atoms with van der Waals surface area (Å²) in [5.74, 6) is -1.40. The van der Waals surface area contributed by atoms with E-state index in [-0.39, 0.29) is 24.2 Å². The smallest absolute Gasteiger partial charge is 0.244 e. The lowest BCUT2D eigenvalue weighted by Crippen LogP contribution is -2.52. The molecule has 0 bridgehead atoms. The number of nitrogens with zero attached hydrogens (tertiary/aromatic N) is 2. The highest BCUT2D eigenvalue weighted by Crippen LogP contribution is 2.26. The summed E-state index contributed by atoms with van der Waals surface area (Å²) in [5.41, 5.74) is 1.49. The summed E-state index contributed by atoms with van der Waals surface area (Å²) in [5, 5.41) is 3.09. The quantitative estimate of drug-likeness (QED) is 0.574. The Hall–Kier alpha value is -2.65. The Kier molecular flexibility index (Phi) is 8.85. The number of amides is 2. The maximum absolute atomic E-state index is 13.4. The fourth-order valence-corrected chi connectivity index (χ4v) is 4.29. The molecule has 2 aromatic rings. The molecule has 0 aliphatic carbocycles. The molecule has 2 amide bonds. The number of hydrogen-bond acceptors (Lipinski definition) is 4. The van der Waals surface area contributed by atoms with Crippen LogP contribution >= 0.6 is 11.6 Å². The van der Waals surface area contributed by atoms with Gasteiger partial charge in [0.1, 0.15) is 18.4 Å². The monoisotopic (exact) mass is 497 g/mol. The second-order valence-electron chi connectivity index (χ2n) is 8.19. The first-order chi connectivity index (χ1) is 15.3. The van der Waals surface area contributed by atoms with Gasteiger partial charge in [-0.25, -0.2) is 12.8 Å². The van der Waals surface area contributed by atoms with E-state index in [0.29, 0.717) is 16.1 Å². The first-order valence-corrected chi connectivity index (χ1v) is 12.6. The van der Waals surface area contributed by atoms with E-state index in [1.165, 1.54) is 35.2 Å². The van der Waals surface area contributed by atoms with E-state index in [9.17, 15) is 22.4 Å². The van der Waals surface area contributed by atoms with Gasteiger partial charge >= 0.3 is 0 Å². The number of carbonyl (C=O) groups is 2. The predicted molar refractivity (Wildman–Crippen MR) is 128 cm³/mol. The highest BCUT2D eigenvalue weighted by Gasteiger charge is 2.30. The third kappa shape index (κ3) is 7.43. The Morgan fingerprint density at radius 2 is 1.70 bits per heavy atom. The fraction of sp³-hybridized carbons (Fsp3) is 0.391. The number of hydrogen-bond donors (Lipinski definition) is 1. The van der Waals surface area contributed by atoms with E-state index < -0.39 is 34.3 Å². The molecule has 0 fully saturated rings. The van der Waals surface area contributed by atoms with Crippen molar-refractivity contribution in [3.05, 3.63) is 64.4 Å². The van der Waals surface area contributed by atoms with Crippen LogP contribution in [0.1, 0.15) is 31.9 Å². The van der Waals surface area contributed by atoms with Crippen molar-refractivity contribution in [1.82, 2.24) is 10.2 Å². The lowest BCUT2D eigenvalue weighted by molar-refractivity contribution is -0.139. The highest BCUT2D eigenvalue weighted by atomic mass is 35.5. The van der Waals surface area contributed by atoms with Crippen molar-refractivity contribution in [2.45, 2.75) is 46.3 Å². The molecule has 0 saturated heterocycles. The summed E-state index contributed by atoms with van der Waals surface area (Å²) in [4.78, 5) is 27.4. The van der Waals surface area contributed by atoms with Gasteiger partial charge in [0, 0.05) is 17.6 Å². The van der Waals surface area contributed by atoms with E-state index in [4.69, 9.17) is 11.6 Å². The molecular formula is C23H29ClFN3O4S. The van der Waals surface area contributed by atoms with Gasteiger partial charge in [-0.1, -0.05) is 29.8 Å². The van der Waals surface area contributed by atoms with Crippen LogP contribution in [0.5, 0.6) is 0 Å². The highest BCUT2D eigenvalue weighted by molar-refractivity contribution is 7.92. The van der Waals surface area contributed by atoms with Gasteiger partial charge in [-0.2, -0.15) is 0 Å². The Morgan fingerprint density at radius 1 is 1.09 bits per heavy atom. The van der Waals surface area contributed by atoms with Crippen molar-refractivity contribution >= 4 is 39.1 Å². The predicted octanol–water partition coefficient (Wildman–Crippen LogP) is 3.50. The number of rotatable bonds is 9. The van der Waals surface area contributed by atoms with Crippen LogP contribution in [0.3, 0.4) is 0 Å². The first-order valence-electron chi connectivity index (χ1n) is 10.4. The van der Waals surface area contributed by atoms with E-state index in [0.717, 1.165) is 10.6 Å². The molecule has 7 nitrogen and oxygen atoms in total. The molecule has 180 valence electrons. The number of halogens is 2. The molecule has 1 N–H and O–H groups in total. The Morgan fingerprint density at radius 3 is 2.24 bits per heavy atom. The van der Waals surface area contributed by atoms with Gasteiger partial charge in [0.05, 0.1) is 11.9 Å². The van der Waals surface area contributed by atoms with Gasteiger partial charge in [0.15, 0.2) is 0 Å². The molecule has 2 rings (SSSR count). The number of sulfonamides is 1. The normalized spacial score (nSPS) is 12.4. The minimum atomic E-state index is -3.85. The zero-order chi connectivity index (χ0) is 24.9. The molecule has 1 atom stereocenters. The van der Waals surface area contributed by atoms with Gasteiger partial charge in [0.25, 0.3) is 0 Å². The lowest BCUT2D eigenvalue weighted by Gasteiger charge is -2.32. The zero-order valence-corrected chi connectivity index (χ0v) is 20.9. The number of aryl methyl sites for hydroxylation is 1. The molecule has 0 aliphatic heterocycles. The van der Waals surface area contributed by atoms with Crippen LogP contribution in [-0.4, -0.2) is 50.0 Å². The molecule has 0 aliphatic rings. The number of nitrogens with one attached hydrogen (secondary N) is 1. The maximum atomic E-state index is 13.4. The standard InChI is InChI=1S/C23H29ClFN3O4S/c1-15(2)26-23(30)17(4)27(13-18-7-10-20(25)11-8-18)22(29)14-28(33(5,31)32)21-12-19(24)9-6-16(21)3/h6-12,15,17H,13-14H2,1-5H3,(H,26,30)/t17-/m0/s1. The topological polar surface area (TPSA) is 86.8 Å². The minimum absolute atomic E-state index is 0.00206. The summed E-state index contributed by atoms with van der Waals surface area (Å²) in [6.07, 6.45) is 1.000. The van der Waals surface area contributed by atoms with Gasteiger partial charge < -0.3 is 10.2 Å². The Balaban J connectivity index is 2.42. The molecule has 0 spiro atoms. The Bertz CT molecular complexity index is 1110. The van der Waals surface area contributed by atoms with Crippen LogP contribution in [-0.2, 0) is 26.2 Å². The summed E-state index contributed by atoms with van der Waals surface area (Å²) in [6.45, 7) is 6.34. The summed E-state index contributed by atoms with van der Waals surface area (Å²) >= 11 is 6.07. The summed E-state index contributed by atoms with van der Waals surface area (Å²) in [7, 11) is -3.85. The van der Waals surface area contributed by atoms with Crippen LogP contribution in [0, 0.1) is 12.7 Å². The molecule has 10 heteroatoms. The molecular weight excluding hydrogens is 469 g/mol. The molecule has 0 unspecified atom stereocenters. The number of benzene rings is 2. The second kappa shape index (κ2) is 11.0. The molecule has 33 heavy (non-hydrogen) atoms. The van der Waals surface area contributed by atoms with Crippen molar-refractivity contribution in [3.63, 3.8) is 0 Å². The van der Waals surface area contributed by atoms with Gasteiger partial charge in [-0.15, -0.1) is 0 Å².